The molecule has 18 nitrogen and oxygen atoms in total. The smallest absolute Gasteiger partial charge is 0.296 e. The summed E-state index contributed by atoms with van der Waals surface area (Å²) in [5.41, 5.74) is 3.00. The van der Waals surface area contributed by atoms with Gasteiger partial charge in [0.15, 0.2) is 12.1 Å². The first-order chi connectivity index (χ1) is 30.6. The van der Waals surface area contributed by atoms with Crippen molar-refractivity contribution in [1.82, 2.24) is 0 Å². The van der Waals surface area contributed by atoms with E-state index in [1.54, 1.807) is 43.3 Å². The van der Waals surface area contributed by atoms with E-state index in [1.807, 2.05) is 30.3 Å². The Morgan fingerprint density at radius 3 is 1.60 bits per heavy atom. The molecule has 0 aliphatic carbocycles. The largest absolute Gasteiger partial charge is 0.304 e. The van der Waals surface area contributed by atoms with Gasteiger partial charge >= 0.3 is 0 Å². The summed E-state index contributed by atoms with van der Waals surface area (Å²) in [6.45, 7) is 4.99. The minimum atomic E-state index is -4.71. The molecule has 5 aromatic rings. The Hall–Kier alpha value is -3.97. The number of carbonyl (C=O) groups is 3. The molecule has 2 radical (unpaired) electrons. The predicted octanol–water partition coefficient (Wildman–Crippen LogP) is 8.94. The number of halogens is 4. The second-order valence-corrected chi connectivity index (χ2v) is 18.7. The van der Waals surface area contributed by atoms with E-state index in [2.05, 4.69) is 30.7 Å². The predicted molar refractivity (Wildman–Crippen MR) is 256 cm³/mol. The van der Waals surface area contributed by atoms with Crippen LogP contribution in [0.25, 0.3) is 0 Å². The minimum absolute atomic E-state index is 0. The maximum absolute atomic E-state index is 14.5. The van der Waals surface area contributed by atoms with Crippen molar-refractivity contribution >= 4 is 183 Å². The molecule has 26 heteroatoms. The standard InChI is InChI=1S/C41H31Cl4N9O9S2.2Na/c1-21-12-13-27(47-49-38-23(3)51-54(41(38)57)34-17-31(45)36(19-29(34)43)65(61,62)63)15-32(21)52(20-24-8-5-4-6-9-24)39(55)25-10-7-11-26(14-25)46-48-37-22(2)50-53(40(37)56)33-16-30(44)35(18-28(33)42)64(58,59)60;;/h4-19,37-38H,20H2,1-3H3,(H,58,59,60)(H,61,62,63);;. The average molecular weight is 1050 g/mol. The zero-order chi connectivity index (χ0) is 47.1. The summed E-state index contributed by atoms with van der Waals surface area (Å²) in [5, 5.41) is 26.1. The van der Waals surface area contributed by atoms with Crippen LogP contribution in [0.5, 0.6) is 0 Å². The summed E-state index contributed by atoms with van der Waals surface area (Å²) in [7, 11) is -9.41. The number of hydrogen-bond donors (Lipinski definition) is 2. The molecular weight excluding hydrogens is 1010 g/mol. The molecular formula is C41H31Cl4N9Na2O9S2. The van der Waals surface area contributed by atoms with Crippen LogP contribution >= 0.6 is 46.4 Å². The van der Waals surface area contributed by atoms with Gasteiger partial charge in [0, 0.05) is 70.4 Å². The van der Waals surface area contributed by atoms with Crippen molar-refractivity contribution in [1.29, 1.82) is 0 Å². The molecule has 0 aromatic heterocycles. The Bertz CT molecular complexity index is 3190. The van der Waals surface area contributed by atoms with Gasteiger partial charge in [-0.25, -0.2) is 0 Å². The van der Waals surface area contributed by atoms with Gasteiger partial charge in [0.25, 0.3) is 38.0 Å². The van der Waals surface area contributed by atoms with Gasteiger partial charge in [-0.1, -0.05) is 88.9 Å². The molecule has 336 valence electrons. The fraction of sp³-hybridized carbons (Fsp3) is 0.146. The van der Waals surface area contributed by atoms with E-state index < -0.39 is 64.9 Å². The van der Waals surface area contributed by atoms with Crippen LogP contribution in [0.3, 0.4) is 0 Å². The number of carbonyl (C=O) groups excluding carboxylic acids is 3. The van der Waals surface area contributed by atoms with Crippen molar-refractivity contribution in [3.05, 3.63) is 134 Å². The molecule has 2 aliphatic rings. The molecule has 0 saturated carbocycles. The fourth-order valence-corrected chi connectivity index (χ4v) is 9.23. The van der Waals surface area contributed by atoms with Crippen molar-refractivity contribution in [2.75, 3.05) is 14.9 Å². The zero-order valence-corrected chi connectivity index (χ0v) is 44.4. The minimum Gasteiger partial charge on any atom is -0.304 e. The SMILES string of the molecule is CC1=NN(c2cc(Cl)c(S(=O)(=O)O)cc2Cl)C(=O)C1N=Nc1cccc(C(=O)N(Cc2ccccc2)c2cc(N=NC3C(=O)N(c4cc(Cl)c(S(=O)(=O)O)cc4Cl)N=C3C)ccc2C)c1.[Na].[Na]. The van der Waals surface area contributed by atoms with Crippen LogP contribution < -0.4 is 14.9 Å². The summed E-state index contributed by atoms with van der Waals surface area (Å²) in [6, 6.07) is 22.0. The summed E-state index contributed by atoms with van der Waals surface area (Å²) in [5.74, 6) is -1.80. The van der Waals surface area contributed by atoms with Gasteiger partial charge in [0.2, 0.25) is 0 Å². The number of amides is 3. The average Bonchev–Trinajstić information content (AvgIpc) is 3.70. The van der Waals surface area contributed by atoms with E-state index in [1.165, 1.54) is 24.8 Å². The van der Waals surface area contributed by atoms with Crippen LogP contribution in [0.4, 0.5) is 28.4 Å². The first-order valence-corrected chi connectivity index (χ1v) is 23.1. The number of anilines is 3. The van der Waals surface area contributed by atoms with Crippen LogP contribution in [0, 0.1) is 6.92 Å². The summed E-state index contributed by atoms with van der Waals surface area (Å²) < 4.78 is 65.7. The number of azo groups is 2. The van der Waals surface area contributed by atoms with Crippen LogP contribution in [0.15, 0.2) is 138 Å². The normalized spacial score (nSPS) is 16.3. The maximum Gasteiger partial charge on any atom is 0.296 e. The van der Waals surface area contributed by atoms with Crippen LogP contribution in [0.2, 0.25) is 20.1 Å². The van der Waals surface area contributed by atoms with Crippen LogP contribution in [-0.2, 0) is 36.4 Å². The van der Waals surface area contributed by atoms with Crippen molar-refractivity contribution in [3.63, 3.8) is 0 Å². The number of aryl methyl sites for hydroxylation is 1. The van der Waals surface area contributed by atoms with Crippen molar-refractivity contribution < 1.29 is 40.3 Å². The molecule has 2 heterocycles. The van der Waals surface area contributed by atoms with Crippen molar-refractivity contribution in [2.45, 2.75) is 49.2 Å². The van der Waals surface area contributed by atoms with E-state index in [-0.39, 0.29) is 120 Å². The summed E-state index contributed by atoms with van der Waals surface area (Å²) >= 11 is 24.7. The topological polar surface area (TPSA) is 244 Å². The number of hydrazone groups is 2. The molecule has 2 N–H and O–H groups in total. The molecule has 5 aromatic carbocycles. The number of rotatable bonds is 12. The number of hydrogen-bond acceptors (Lipinski definition) is 13. The molecule has 67 heavy (non-hydrogen) atoms. The zero-order valence-electron chi connectivity index (χ0n) is 35.7. The third kappa shape index (κ3) is 11.9. The van der Waals surface area contributed by atoms with E-state index in [0.717, 1.165) is 39.8 Å². The van der Waals surface area contributed by atoms with Gasteiger partial charge in [-0.3, -0.25) is 23.5 Å². The Labute approximate surface area is 447 Å². The first kappa shape index (κ1) is 54.0. The molecule has 0 bridgehead atoms. The molecule has 0 saturated heterocycles. The third-order valence-electron chi connectivity index (χ3n) is 9.79. The van der Waals surface area contributed by atoms with Crippen LogP contribution in [0.1, 0.15) is 35.3 Å². The maximum atomic E-state index is 14.5. The molecule has 2 unspecified atom stereocenters. The molecule has 7 rings (SSSR count). The Morgan fingerprint density at radius 1 is 0.642 bits per heavy atom. The van der Waals surface area contributed by atoms with Crippen molar-refractivity contribution in [3.8, 4) is 0 Å². The van der Waals surface area contributed by atoms with Crippen molar-refractivity contribution in [2.24, 2.45) is 30.7 Å². The molecule has 2 aliphatic heterocycles. The molecule has 0 fully saturated rings. The Kier molecular flexibility index (Phi) is 17.5. The van der Waals surface area contributed by atoms with Gasteiger partial charge in [-0.05, 0) is 86.5 Å². The van der Waals surface area contributed by atoms with Crippen LogP contribution in [-0.4, -0.2) is 126 Å². The second kappa shape index (κ2) is 21.8. The molecule has 0 spiro atoms. The number of nitrogens with zero attached hydrogens (tertiary/aromatic N) is 9. The van der Waals surface area contributed by atoms with E-state index in [4.69, 9.17) is 46.4 Å². The van der Waals surface area contributed by atoms with E-state index in [0.29, 0.717) is 11.3 Å². The third-order valence-corrected chi connectivity index (χ3v) is 13.0. The van der Waals surface area contributed by atoms with Gasteiger partial charge in [-0.15, -0.1) is 0 Å². The van der Waals surface area contributed by atoms with Gasteiger partial charge in [0.05, 0.1) is 60.8 Å². The first-order valence-electron chi connectivity index (χ1n) is 18.7. The van der Waals surface area contributed by atoms with E-state index >= 15 is 0 Å². The fourth-order valence-electron chi connectivity index (χ4n) is 6.57. The molecule has 3 amide bonds. The monoisotopic (exact) mass is 1040 g/mol. The summed E-state index contributed by atoms with van der Waals surface area (Å²) in [6.07, 6.45) is 0. The molecule has 2 atom stereocenters. The second-order valence-electron chi connectivity index (χ2n) is 14.3. The Balaban J connectivity index is 0.00000420. The van der Waals surface area contributed by atoms with Gasteiger partial charge in [-0.2, -0.15) is 57.5 Å². The quantitative estimate of drug-likeness (QED) is 0.0687. The van der Waals surface area contributed by atoms with Gasteiger partial charge in [0.1, 0.15) is 9.79 Å². The van der Waals surface area contributed by atoms with Gasteiger partial charge < -0.3 is 4.90 Å². The number of benzene rings is 5. The van der Waals surface area contributed by atoms with E-state index in [9.17, 15) is 40.3 Å². The Morgan fingerprint density at radius 2 is 1.12 bits per heavy atom. The summed E-state index contributed by atoms with van der Waals surface area (Å²) in [4.78, 5) is 41.8.